The number of hydrogen-bond donors (Lipinski definition) is 0. The monoisotopic (exact) mass is 214 g/mol. The van der Waals surface area contributed by atoms with Gasteiger partial charge in [-0.3, -0.25) is 4.79 Å². The van der Waals surface area contributed by atoms with Crippen LogP contribution in [-0.2, 0) is 9.22 Å². The molecule has 70 valence electrons. The highest BCUT2D eigenvalue weighted by molar-refractivity contribution is 6.49. The summed E-state index contributed by atoms with van der Waals surface area (Å²) in [5.74, 6) is -0.382. The molecular formula is C9H11ClO2Si. The van der Waals surface area contributed by atoms with Crippen LogP contribution < -0.4 is 5.19 Å². The molecule has 0 bridgehead atoms. The molecule has 0 fully saturated rings. The molecule has 1 aromatic carbocycles. The molecule has 13 heavy (non-hydrogen) atoms. The zero-order valence-electron chi connectivity index (χ0n) is 7.42. The highest BCUT2D eigenvalue weighted by Crippen LogP contribution is 1.92. The normalized spacial score (nSPS) is 10.6. The Labute approximate surface area is 84.8 Å². The van der Waals surface area contributed by atoms with Crippen LogP contribution >= 0.6 is 11.6 Å². The third kappa shape index (κ3) is 3.61. The molecule has 2 nitrogen and oxygen atoms in total. The molecule has 0 aromatic heterocycles. The molecule has 1 aromatic rings. The van der Waals surface area contributed by atoms with Crippen molar-refractivity contribution in [2.75, 3.05) is 5.88 Å². The van der Waals surface area contributed by atoms with Gasteiger partial charge in [0.25, 0.3) is 9.76 Å². The average molecular weight is 215 g/mol. The third-order valence-corrected chi connectivity index (χ3v) is 3.12. The molecule has 0 saturated heterocycles. The molecule has 0 aliphatic carbocycles. The first kappa shape index (κ1) is 10.3. The van der Waals surface area contributed by atoms with Crippen LogP contribution in [0.4, 0.5) is 0 Å². The Kier molecular flexibility index (Phi) is 3.99. The van der Waals surface area contributed by atoms with Crippen molar-refractivity contribution in [1.29, 1.82) is 0 Å². The molecule has 0 N–H and O–H groups in total. The number of aryl methyl sites for hydroxylation is 1. The van der Waals surface area contributed by atoms with E-state index in [-0.39, 0.29) is 11.8 Å². The minimum Gasteiger partial charge on any atom is -0.520 e. The van der Waals surface area contributed by atoms with Crippen molar-refractivity contribution in [3.8, 4) is 0 Å². The summed E-state index contributed by atoms with van der Waals surface area (Å²) >= 11 is 5.29. The van der Waals surface area contributed by atoms with Crippen molar-refractivity contribution in [2.24, 2.45) is 0 Å². The molecular weight excluding hydrogens is 204 g/mol. The molecule has 1 rings (SSSR count). The molecule has 0 spiro atoms. The molecule has 0 atom stereocenters. The fourth-order valence-electron chi connectivity index (χ4n) is 0.887. The highest BCUT2D eigenvalue weighted by Gasteiger charge is 2.00. The van der Waals surface area contributed by atoms with Gasteiger partial charge in [-0.1, -0.05) is 29.8 Å². The lowest BCUT2D eigenvalue weighted by Gasteiger charge is -2.02. The van der Waals surface area contributed by atoms with E-state index in [9.17, 15) is 4.79 Å². The maximum absolute atomic E-state index is 10.7. The quantitative estimate of drug-likeness (QED) is 0.541. The molecule has 0 heterocycles. The summed E-state index contributed by atoms with van der Waals surface area (Å²) < 4.78 is 4.99. The summed E-state index contributed by atoms with van der Waals surface area (Å²) in [5, 5.41) is 1.11. The van der Waals surface area contributed by atoms with Crippen LogP contribution in [0.3, 0.4) is 0 Å². The Morgan fingerprint density at radius 1 is 1.46 bits per heavy atom. The molecule has 0 aliphatic rings. The number of halogens is 1. The predicted octanol–water partition coefficient (Wildman–Crippen LogP) is 0.486. The average Bonchev–Trinajstić information content (AvgIpc) is 2.16. The minimum atomic E-state index is -0.920. The molecule has 4 heteroatoms. The summed E-state index contributed by atoms with van der Waals surface area (Å²) in [5.41, 5.74) is 1.21. The highest BCUT2D eigenvalue weighted by atomic mass is 35.5. The van der Waals surface area contributed by atoms with Crippen molar-refractivity contribution < 1.29 is 9.22 Å². The van der Waals surface area contributed by atoms with Gasteiger partial charge in [0.15, 0.2) is 0 Å². The SMILES string of the molecule is Cc1ccc([SiH2]OC(=O)CCl)cc1. The fourth-order valence-corrected chi connectivity index (χ4v) is 1.95. The van der Waals surface area contributed by atoms with Crippen molar-refractivity contribution in [1.82, 2.24) is 0 Å². The van der Waals surface area contributed by atoms with E-state index in [4.69, 9.17) is 16.0 Å². The minimum absolute atomic E-state index is 0.0567. The van der Waals surface area contributed by atoms with Gasteiger partial charge in [0.05, 0.1) is 0 Å². The standard InChI is InChI=1S/C9H11ClO2Si/c1-7-2-4-8(5-3-7)13-12-9(11)6-10/h2-5H,6,13H2,1H3. The van der Waals surface area contributed by atoms with Gasteiger partial charge in [0, 0.05) is 0 Å². The summed E-state index contributed by atoms with van der Waals surface area (Å²) in [6.45, 7) is 2.02. The largest absolute Gasteiger partial charge is 0.520 e. The van der Waals surface area contributed by atoms with E-state index in [0.29, 0.717) is 0 Å². The number of carbonyl (C=O) groups excluding carboxylic acids is 1. The number of rotatable bonds is 3. The fraction of sp³-hybridized carbons (Fsp3) is 0.222. The second kappa shape index (κ2) is 5.04. The van der Waals surface area contributed by atoms with E-state index in [2.05, 4.69) is 0 Å². The second-order valence-electron chi connectivity index (χ2n) is 2.78. The number of hydrogen-bond acceptors (Lipinski definition) is 2. The van der Waals surface area contributed by atoms with Crippen LogP contribution in [0.25, 0.3) is 0 Å². The van der Waals surface area contributed by atoms with Gasteiger partial charge in [-0.15, -0.1) is 11.6 Å². The van der Waals surface area contributed by atoms with Gasteiger partial charge in [-0.2, -0.15) is 0 Å². The van der Waals surface area contributed by atoms with E-state index < -0.39 is 9.76 Å². The second-order valence-corrected chi connectivity index (χ2v) is 4.44. The van der Waals surface area contributed by atoms with E-state index in [1.807, 2.05) is 31.2 Å². The summed E-state index contributed by atoms with van der Waals surface area (Å²) in [4.78, 5) is 10.7. The Morgan fingerprint density at radius 3 is 2.62 bits per heavy atom. The van der Waals surface area contributed by atoms with Crippen LogP contribution in [0.5, 0.6) is 0 Å². The lowest BCUT2D eigenvalue weighted by atomic mass is 10.2. The smallest absolute Gasteiger partial charge is 0.307 e. The lowest BCUT2D eigenvalue weighted by molar-refractivity contribution is -0.131. The van der Waals surface area contributed by atoms with Gasteiger partial charge in [-0.05, 0) is 12.1 Å². The molecule has 0 unspecified atom stereocenters. The first-order chi connectivity index (χ1) is 6.22. The van der Waals surface area contributed by atoms with Gasteiger partial charge in [0.1, 0.15) is 5.88 Å². The third-order valence-electron chi connectivity index (χ3n) is 1.63. The maximum Gasteiger partial charge on any atom is 0.307 e. The van der Waals surface area contributed by atoms with E-state index in [1.54, 1.807) is 0 Å². The van der Waals surface area contributed by atoms with Crippen molar-refractivity contribution in [3.63, 3.8) is 0 Å². The van der Waals surface area contributed by atoms with Crippen molar-refractivity contribution in [3.05, 3.63) is 29.8 Å². The molecule has 0 saturated carbocycles. The first-order valence-corrected chi connectivity index (χ1v) is 5.81. The van der Waals surface area contributed by atoms with Gasteiger partial charge in [0.2, 0.25) is 0 Å². The zero-order valence-corrected chi connectivity index (χ0v) is 9.59. The van der Waals surface area contributed by atoms with Gasteiger partial charge >= 0.3 is 5.97 Å². The number of benzene rings is 1. The van der Waals surface area contributed by atoms with Crippen molar-refractivity contribution in [2.45, 2.75) is 6.92 Å². The number of carbonyl (C=O) groups is 1. The molecule has 0 aliphatic heterocycles. The van der Waals surface area contributed by atoms with Crippen LogP contribution in [0, 0.1) is 6.92 Å². The summed E-state index contributed by atoms with van der Waals surface area (Å²) in [7, 11) is -0.920. The van der Waals surface area contributed by atoms with Crippen LogP contribution in [0.1, 0.15) is 5.56 Å². The Balaban J connectivity index is 2.46. The van der Waals surface area contributed by atoms with Crippen molar-refractivity contribution >= 4 is 32.5 Å². The van der Waals surface area contributed by atoms with Crippen LogP contribution in [-0.4, -0.2) is 21.6 Å². The number of alkyl halides is 1. The van der Waals surface area contributed by atoms with E-state index in [0.717, 1.165) is 5.19 Å². The van der Waals surface area contributed by atoms with Crippen LogP contribution in [0.2, 0.25) is 0 Å². The Bertz CT molecular complexity index is 284. The Hall–Kier alpha value is -0.803. The molecule has 0 radical (unpaired) electrons. The maximum atomic E-state index is 10.7. The summed E-state index contributed by atoms with van der Waals surface area (Å²) in [6, 6.07) is 8.00. The van der Waals surface area contributed by atoms with E-state index in [1.165, 1.54) is 5.56 Å². The topological polar surface area (TPSA) is 26.3 Å². The van der Waals surface area contributed by atoms with E-state index >= 15 is 0 Å². The summed E-state index contributed by atoms with van der Waals surface area (Å²) in [6.07, 6.45) is 0. The van der Waals surface area contributed by atoms with Crippen LogP contribution in [0.15, 0.2) is 24.3 Å². The zero-order chi connectivity index (χ0) is 9.68. The lowest BCUT2D eigenvalue weighted by Crippen LogP contribution is -2.21. The molecule has 0 amide bonds. The predicted molar refractivity (Wildman–Crippen MR) is 56.2 cm³/mol. The Morgan fingerprint density at radius 2 is 2.08 bits per heavy atom. The van der Waals surface area contributed by atoms with Gasteiger partial charge in [-0.25, -0.2) is 0 Å². The first-order valence-electron chi connectivity index (χ1n) is 3.99. The van der Waals surface area contributed by atoms with Gasteiger partial charge < -0.3 is 4.43 Å².